The molecule has 1 atom stereocenters. The lowest BCUT2D eigenvalue weighted by atomic mass is 9.99. The van der Waals surface area contributed by atoms with E-state index in [2.05, 4.69) is 9.97 Å². The van der Waals surface area contributed by atoms with Gasteiger partial charge < -0.3 is 4.98 Å². The van der Waals surface area contributed by atoms with Gasteiger partial charge in [-0.05, 0) is 49.6 Å². The molecule has 1 N–H and O–H groups in total. The molecule has 2 heterocycles. The molecule has 1 aliphatic heterocycles. The Hall–Kier alpha value is -2.49. The van der Waals surface area contributed by atoms with Gasteiger partial charge in [-0.15, -0.1) is 0 Å². The van der Waals surface area contributed by atoms with Crippen molar-refractivity contribution in [1.82, 2.24) is 14.3 Å². The van der Waals surface area contributed by atoms with Crippen molar-refractivity contribution >= 4 is 38.3 Å². The van der Waals surface area contributed by atoms with Crippen LogP contribution in [0, 0.1) is 17.0 Å². The number of aromatic amines is 1. The van der Waals surface area contributed by atoms with Crippen LogP contribution in [0.15, 0.2) is 41.3 Å². The number of nitrogens with zero attached hydrogens (tertiary/aromatic N) is 3. The number of fused-ring (bicyclic) bond motifs is 1. The summed E-state index contributed by atoms with van der Waals surface area (Å²) in [5.41, 5.74) is 2.33. The second-order valence-electron chi connectivity index (χ2n) is 7.21. The number of piperidine rings is 1. The number of rotatable bonds is 4. The van der Waals surface area contributed by atoms with Crippen LogP contribution in [0.5, 0.6) is 0 Å². The standard InChI is InChI=1S/C19H19ClN4O4S/c1-12-4-6-15-16(9-12)22-19(21-15)13-3-2-8-23(11-13)29(27,28)18-7-5-14(20)10-17(18)24(25)26/h4-7,9-10,13H,2-3,8,11H2,1H3,(H,21,22)/t13-/m1/s1. The van der Waals surface area contributed by atoms with Crippen molar-refractivity contribution in [2.75, 3.05) is 13.1 Å². The minimum Gasteiger partial charge on any atom is -0.342 e. The summed E-state index contributed by atoms with van der Waals surface area (Å²) in [6, 6.07) is 9.52. The number of sulfonamides is 1. The molecule has 29 heavy (non-hydrogen) atoms. The third kappa shape index (κ3) is 3.73. The molecule has 4 rings (SSSR count). The van der Waals surface area contributed by atoms with E-state index >= 15 is 0 Å². The Balaban J connectivity index is 1.66. The lowest BCUT2D eigenvalue weighted by molar-refractivity contribution is -0.387. The largest absolute Gasteiger partial charge is 0.342 e. The lowest BCUT2D eigenvalue weighted by Gasteiger charge is -2.30. The van der Waals surface area contributed by atoms with Crippen molar-refractivity contribution in [1.29, 1.82) is 0 Å². The predicted molar refractivity (Wildman–Crippen MR) is 110 cm³/mol. The highest BCUT2D eigenvalue weighted by atomic mass is 35.5. The number of halogens is 1. The SMILES string of the molecule is Cc1ccc2nc([C@@H]3CCCN(S(=O)(=O)c4ccc(Cl)cc4[N+](=O)[O-])C3)[nH]c2c1. The maximum absolute atomic E-state index is 13.2. The van der Waals surface area contributed by atoms with Gasteiger partial charge in [0, 0.05) is 30.1 Å². The second kappa shape index (κ2) is 7.40. The first kappa shape index (κ1) is 19.8. The highest BCUT2D eigenvalue weighted by molar-refractivity contribution is 7.89. The molecule has 0 saturated carbocycles. The van der Waals surface area contributed by atoms with Crippen molar-refractivity contribution < 1.29 is 13.3 Å². The highest BCUT2D eigenvalue weighted by Gasteiger charge is 2.36. The minimum absolute atomic E-state index is 0.113. The highest BCUT2D eigenvalue weighted by Crippen LogP contribution is 2.34. The molecular formula is C19H19ClN4O4S. The van der Waals surface area contributed by atoms with E-state index in [1.165, 1.54) is 16.4 Å². The molecule has 3 aromatic rings. The fraction of sp³-hybridized carbons (Fsp3) is 0.316. The van der Waals surface area contributed by atoms with Crippen LogP contribution in [0.4, 0.5) is 5.69 Å². The van der Waals surface area contributed by atoms with Gasteiger partial charge in [0.1, 0.15) is 5.82 Å². The number of imidazole rings is 1. The number of nitro benzene ring substituents is 1. The number of hydrogen-bond donors (Lipinski definition) is 1. The summed E-state index contributed by atoms with van der Waals surface area (Å²) >= 11 is 5.82. The van der Waals surface area contributed by atoms with Crippen LogP contribution >= 0.6 is 11.6 Å². The molecule has 1 aliphatic rings. The molecule has 0 aliphatic carbocycles. The van der Waals surface area contributed by atoms with Crippen LogP contribution in [0.2, 0.25) is 5.02 Å². The van der Waals surface area contributed by atoms with E-state index in [9.17, 15) is 18.5 Å². The van der Waals surface area contributed by atoms with Crippen LogP contribution in [0.3, 0.4) is 0 Å². The molecule has 1 fully saturated rings. The van der Waals surface area contributed by atoms with Gasteiger partial charge in [0.25, 0.3) is 5.69 Å². The predicted octanol–water partition coefficient (Wildman–Crippen LogP) is 4.00. The Labute approximate surface area is 172 Å². The maximum atomic E-state index is 13.2. The van der Waals surface area contributed by atoms with Gasteiger partial charge >= 0.3 is 0 Å². The Morgan fingerprint density at radius 2 is 2.07 bits per heavy atom. The normalized spacial score (nSPS) is 18.2. The summed E-state index contributed by atoms with van der Waals surface area (Å²) in [7, 11) is -4.04. The van der Waals surface area contributed by atoms with E-state index in [0.717, 1.165) is 34.9 Å². The Morgan fingerprint density at radius 1 is 1.28 bits per heavy atom. The fourth-order valence-electron chi connectivity index (χ4n) is 3.71. The average Bonchev–Trinajstić information content (AvgIpc) is 3.11. The van der Waals surface area contributed by atoms with Gasteiger partial charge in [-0.25, -0.2) is 13.4 Å². The van der Waals surface area contributed by atoms with Gasteiger partial charge in [-0.2, -0.15) is 4.31 Å². The number of nitrogens with one attached hydrogen (secondary N) is 1. The van der Waals surface area contributed by atoms with E-state index in [4.69, 9.17) is 11.6 Å². The summed E-state index contributed by atoms with van der Waals surface area (Å²) in [4.78, 5) is 18.2. The van der Waals surface area contributed by atoms with Crippen LogP contribution < -0.4 is 0 Å². The topological polar surface area (TPSA) is 109 Å². The zero-order valence-electron chi connectivity index (χ0n) is 15.6. The first-order valence-electron chi connectivity index (χ1n) is 9.16. The quantitative estimate of drug-likeness (QED) is 0.493. The van der Waals surface area contributed by atoms with Crippen LogP contribution in [0.25, 0.3) is 11.0 Å². The number of H-pyrrole nitrogens is 1. The Morgan fingerprint density at radius 3 is 2.83 bits per heavy atom. The third-order valence-electron chi connectivity index (χ3n) is 5.16. The van der Waals surface area contributed by atoms with E-state index in [1.807, 2.05) is 25.1 Å². The molecule has 2 aromatic carbocycles. The fourth-order valence-corrected chi connectivity index (χ4v) is 5.54. The van der Waals surface area contributed by atoms with Crippen molar-refractivity contribution in [2.45, 2.75) is 30.6 Å². The molecular weight excluding hydrogens is 416 g/mol. The van der Waals surface area contributed by atoms with Crippen molar-refractivity contribution in [2.24, 2.45) is 0 Å². The van der Waals surface area contributed by atoms with E-state index < -0.39 is 20.6 Å². The van der Waals surface area contributed by atoms with Crippen molar-refractivity contribution in [3.05, 3.63) is 62.9 Å². The summed E-state index contributed by atoms with van der Waals surface area (Å²) in [5, 5.41) is 11.5. The zero-order valence-corrected chi connectivity index (χ0v) is 17.2. The first-order chi connectivity index (χ1) is 13.8. The molecule has 1 aromatic heterocycles. The van der Waals surface area contributed by atoms with E-state index in [1.54, 1.807) is 0 Å². The number of nitro groups is 1. The van der Waals surface area contributed by atoms with E-state index in [-0.39, 0.29) is 22.4 Å². The average molecular weight is 435 g/mol. The maximum Gasteiger partial charge on any atom is 0.290 e. The first-order valence-corrected chi connectivity index (χ1v) is 11.0. The van der Waals surface area contributed by atoms with Gasteiger partial charge in [-0.3, -0.25) is 10.1 Å². The van der Waals surface area contributed by atoms with Crippen LogP contribution in [0.1, 0.15) is 30.1 Å². The molecule has 0 radical (unpaired) electrons. The number of hydrogen-bond acceptors (Lipinski definition) is 5. The zero-order chi connectivity index (χ0) is 20.8. The van der Waals surface area contributed by atoms with Crippen LogP contribution in [-0.2, 0) is 10.0 Å². The number of aromatic nitrogens is 2. The molecule has 0 unspecified atom stereocenters. The van der Waals surface area contributed by atoms with Gasteiger partial charge in [0.2, 0.25) is 10.0 Å². The Bertz CT molecular complexity index is 1210. The molecule has 8 nitrogen and oxygen atoms in total. The molecule has 1 saturated heterocycles. The van der Waals surface area contributed by atoms with Gasteiger partial charge in [-0.1, -0.05) is 17.7 Å². The van der Waals surface area contributed by atoms with Crippen molar-refractivity contribution in [3.8, 4) is 0 Å². The summed E-state index contributed by atoms with van der Waals surface area (Å²) in [6.07, 6.45) is 1.43. The van der Waals surface area contributed by atoms with Crippen LogP contribution in [-0.4, -0.2) is 40.7 Å². The van der Waals surface area contributed by atoms with Crippen molar-refractivity contribution in [3.63, 3.8) is 0 Å². The third-order valence-corrected chi connectivity index (χ3v) is 7.31. The van der Waals surface area contributed by atoms with Gasteiger partial charge in [0.15, 0.2) is 4.90 Å². The molecule has 10 heteroatoms. The molecule has 0 bridgehead atoms. The number of benzene rings is 2. The second-order valence-corrected chi connectivity index (χ2v) is 9.56. The van der Waals surface area contributed by atoms with E-state index in [0.29, 0.717) is 13.0 Å². The summed E-state index contributed by atoms with van der Waals surface area (Å²) in [5.74, 6) is 0.619. The summed E-state index contributed by atoms with van der Waals surface area (Å²) < 4.78 is 27.6. The smallest absolute Gasteiger partial charge is 0.290 e. The minimum atomic E-state index is -4.04. The summed E-state index contributed by atoms with van der Waals surface area (Å²) in [6.45, 7) is 2.51. The molecule has 0 spiro atoms. The monoisotopic (exact) mass is 434 g/mol. The lowest BCUT2D eigenvalue weighted by Crippen LogP contribution is -2.39. The molecule has 0 amide bonds. The number of aryl methyl sites for hydroxylation is 1. The Kier molecular flexibility index (Phi) is 5.05. The molecule has 152 valence electrons. The van der Waals surface area contributed by atoms with Gasteiger partial charge in [0.05, 0.1) is 16.0 Å².